The van der Waals surface area contributed by atoms with E-state index in [2.05, 4.69) is 12.1 Å². The second-order valence-corrected chi connectivity index (χ2v) is 7.19. The van der Waals surface area contributed by atoms with Gasteiger partial charge >= 0.3 is 0 Å². The monoisotopic (exact) mass is 304 g/mol. The van der Waals surface area contributed by atoms with Gasteiger partial charge < -0.3 is 4.55 Å². The van der Waals surface area contributed by atoms with Gasteiger partial charge in [-0.3, -0.25) is 0 Å². The van der Waals surface area contributed by atoms with E-state index in [-0.39, 0.29) is 0 Å². The van der Waals surface area contributed by atoms with E-state index in [9.17, 15) is 9.81 Å². The van der Waals surface area contributed by atoms with Gasteiger partial charge in [0.25, 0.3) is 0 Å². The van der Waals surface area contributed by atoms with Crippen LogP contribution < -0.4 is 0 Å². The third kappa shape index (κ3) is 2.94. The van der Waals surface area contributed by atoms with E-state index in [0.29, 0.717) is 19.5 Å². The van der Waals surface area contributed by atoms with E-state index < -0.39 is 11.2 Å². The average molecular weight is 304 g/mol. The molecule has 0 aliphatic heterocycles. The lowest BCUT2D eigenvalue weighted by molar-refractivity contribution is 0.602. The largest absolute Gasteiger partial charge is 0.611 e. The van der Waals surface area contributed by atoms with Gasteiger partial charge in [0.05, 0.1) is 4.90 Å². The van der Waals surface area contributed by atoms with Crippen molar-refractivity contribution in [2.75, 3.05) is 6.26 Å². The van der Waals surface area contributed by atoms with Gasteiger partial charge in [-0.1, -0.05) is 41.3 Å². The minimum Gasteiger partial charge on any atom is -0.611 e. The van der Waals surface area contributed by atoms with Crippen molar-refractivity contribution in [2.45, 2.75) is 14.0 Å². The number of rotatable bonds is 3. The fourth-order valence-corrected chi connectivity index (χ4v) is 4.60. The smallest absolute Gasteiger partial charge is 0.226 e. The summed E-state index contributed by atoms with van der Waals surface area (Å²) >= 11 is 1.23. The standard InChI is InChI=1S/C13H8N2OS3/c1-19(16)13-10(7-14)12(11(8-15)18-13)17-9-5-3-2-4-6-9/h2-6H,1H3. The molecule has 94 valence electrons. The van der Waals surface area contributed by atoms with Gasteiger partial charge in [-0.05, 0) is 23.3 Å². The molecule has 1 aromatic carbocycles. The molecule has 0 amide bonds. The molecule has 6 heteroatoms. The number of nitrogens with zero attached hydrogens (tertiary/aromatic N) is 2. The highest BCUT2D eigenvalue weighted by molar-refractivity contribution is 7.99. The Labute approximate surface area is 122 Å². The highest BCUT2D eigenvalue weighted by Crippen LogP contribution is 2.41. The predicted octanol–water partition coefficient (Wildman–Crippen LogP) is 3.38. The highest BCUT2D eigenvalue weighted by atomic mass is 32.2. The summed E-state index contributed by atoms with van der Waals surface area (Å²) in [5.41, 5.74) is 0.358. The molecule has 2 rings (SSSR count). The van der Waals surface area contributed by atoms with Gasteiger partial charge in [-0.25, -0.2) is 0 Å². The Morgan fingerprint density at radius 1 is 1.21 bits per heavy atom. The van der Waals surface area contributed by atoms with Crippen LogP contribution >= 0.6 is 23.1 Å². The molecule has 0 N–H and O–H groups in total. The van der Waals surface area contributed by atoms with Crippen LogP contribution in [0.1, 0.15) is 10.4 Å². The molecule has 0 saturated heterocycles. The Hall–Kier alpha value is -1.44. The van der Waals surface area contributed by atoms with Crippen LogP contribution in [-0.2, 0) is 11.2 Å². The number of nitriles is 2. The summed E-state index contributed by atoms with van der Waals surface area (Å²) in [6.07, 6.45) is 1.52. The van der Waals surface area contributed by atoms with Gasteiger partial charge in [-0.15, -0.1) is 0 Å². The molecule has 19 heavy (non-hydrogen) atoms. The van der Waals surface area contributed by atoms with Crippen LogP contribution in [0.25, 0.3) is 0 Å². The Morgan fingerprint density at radius 3 is 2.42 bits per heavy atom. The van der Waals surface area contributed by atoms with Gasteiger partial charge in [0.15, 0.2) is 0 Å². The number of hydrogen-bond donors (Lipinski definition) is 0. The third-order valence-corrected chi connectivity index (χ3v) is 6.09. The summed E-state index contributed by atoms with van der Waals surface area (Å²) in [5, 5.41) is 18.4. The Kier molecular flexibility index (Phi) is 4.52. The van der Waals surface area contributed by atoms with Crippen LogP contribution in [0.2, 0.25) is 0 Å². The van der Waals surface area contributed by atoms with Crippen LogP contribution in [0.4, 0.5) is 0 Å². The first kappa shape index (κ1) is 14.0. The van der Waals surface area contributed by atoms with Crippen molar-refractivity contribution in [2.24, 2.45) is 0 Å². The van der Waals surface area contributed by atoms with E-state index in [0.717, 1.165) is 16.2 Å². The molecule has 3 nitrogen and oxygen atoms in total. The van der Waals surface area contributed by atoms with Crippen molar-refractivity contribution in [1.29, 1.82) is 10.5 Å². The fourth-order valence-electron chi connectivity index (χ4n) is 1.47. The molecule has 0 spiro atoms. The van der Waals surface area contributed by atoms with Crippen LogP contribution in [0.15, 0.2) is 44.3 Å². The van der Waals surface area contributed by atoms with Crippen molar-refractivity contribution in [3.05, 3.63) is 40.8 Å². The molecule has 0 aliphatic carbocycles. The Balaban J connectivity index is 2.51. The molecule has 0 aliphatic rings. The third-order valence-electron chi connectivity index (χ3n) is 2.27. The second-order valence-electron chi connectivity index (χ2n) is 3.52. The maximum atomic E-state index is 11.6. The minimum atomic E-state index is -1.26. The highest BCUT2D eigenvalue weighted by Gasteiger charge is 2.25. The maximum Gasteiger partial charge on any atom is 0.226 e. The van der Waals surface area contributed by atoms with Crippen molar-refractivity contribution >= 4 is 34.3 Å². The molecule has 1 heterocycles. The van der Waals surface area contributed by atoms with Gasteiger partial charge in [-0.2, -0.15) is 10.5 Å². The zero-order valence-corrected chi connectivity index (χ0v) is 12.4. The molecule has 2 aromatic rings. The molecular formula is C13H8N2OS3. The normalized spacial score (nSPS) is 11.6. The van der Waals surface area contributed by atoms with E-state index >= 15 is 0 Å². The van der Waals surface area contributed by atoms with Crippen molar-refractivity contribution in [3.8, 4) is 12.1 Å². The number of thiophene rings is 1. The van der Waals surface area contributed by atoms with E-state index in [1.807, 2.05) is 30.3 Å². The first-order chi connectivity index (χ1) is 9.17. The van der Waals surface area contributed by atoms with Crippen molar-refractivity contribution < 1.29 is 4.55 Å². The molecule has 0 saturated carbocycles. The summed E-state index contributed by atoms with van der Waals surface area (Å²) in [6.45, 7) is 0. The second kappa shape index (κ2) is 6.14. The minimum absolute atomic E-state index is 0.358. The number of benzene rings is 1. The predicted molar refractivity (Wildman–Crippen MR) is 76.6 cm³/mol. The summed E-state index contributed by atoms with van der Waals surface area (Å²) in [7, 11) is 0. The maximum absolute atomic E-state index is 11.6. The SMILES string of the molecule is C[S+]([O-])c1sc(C#N)c(Sc2ccccc2)c1C#N. The Morgan fingerprint density at radius 2 is 1.89 bits per heavy atom. The lowest BCUT2D eigenvalue weighted by atomic mass is 10.3. The molecular weight excluding hydrogens is 296 g/mol. The summed E-state index contributed by atoms with van der Waals surface area (Å²) in [4.78, 5) is 1.99. The number of hydrogen-bond acceptors (Lipinski definition) is 5. The topological polar surface area (TPSA) is 70.6 Å². The van der Waals surface area contributed by atoms with Gasteiger partial charge in [0.2, 0.25) is 4.21 Å². The van der Waals surface area contributed by atoms with Gasteiger partial charge in [0, 0.05) is 4.90 Å². The quantitative estimate of drug-likeness (QED) is 0.815. The fraction of sp³-hybridized carbons (Fsp3) is 0.0769. The molecule has 1 atom stereocenters. The lowest BCUT2D eigenvalue weighted by Crippen LogP contribution is -1.96. The molecule has 0 bridgehead atoms. The molecule has 1 aromatic heterocycles. The zero-order chi connectivity index (χ0) is 13.8. The summed E-state index contributed by atoms with van der Waals surface area (Å²) in [6, 6.07) is 13.7. The first-order valence-corrected chi connectivity index (χ1v) is 8.39. The van der Waals surface area contributed by atoms with Crippen molar-refractivity contribution in [1.82, 2.24) is 0 Å². The molecule has 0 radical (unpaired) electrons. The lowest BCUT2D eigenvalue weighted by Gasteiger charge is -2.02. The zero-order valence-electron chi connectivity index (χ0n) is 9.91. The van der Waals surface area contributed by atoms with E-state index in [1.54, 1.807) is 0 Å². The summed E-state index contributed by atoms with van der Waals surface area (Å²) < 4.78 is 12.1. The van der Waals surface area contributed by atoms with Gasteiger partial charge in [0.1, 0.15) is 28.8 Å². The Bertz CT molecular complexity index is 666. The van der Waals surface area contributed by atoms with Crippen LogP contribution in [-0.4, -0.2) is 10.8 Å². The van der Waals surface area contributed by atoms with Crippen LogP contribution in [0.5, 0.6) is 0 Å². The van der Waals surface area contributed by atoms with E-state index in [4.69, 9.17) is 5.26 Å². The average Bonchev–Trinajstić information content (AvgIpc) is 2.78. The van der Waals surface area contributed by atoms with Crippen molar-refractivity contribution in [3.63, 3.8) is 0 Å². The summed E-state index contributed by atoms with van der Waals surface area (Å²) in [5.74, 6) is 0. The van der Waals surface area contributed by atoms with E-state index in [1.165, 1.54) is 18.0 Å². The van der Waals surface area contributed by atoms with Crippen LogP contribution in [0, 0.1) is 22.7 Å². The molecule has 0 fully saturated rings. The van der Waals surface area contributed by atoms with Crippen LogP contribution in [0.3, 0.4) is 0 Å². The first-order valence-electron chi connectivity index (χ1n) is 5.20. The molecule has 1 unspecified atom stereocenters.